The lowest BCUT2D eigenvalue weighted by atomic mass is 10.2. The van der Waals surface area contributed by atoms with Gasteiger partial charge in [-0.25, -0.2) is 0 Å². The van der Waals surface area contributed by atoms with Crippen molar-refractivity contribution in [3.63, 3.8) is 0 Å². The molecule has 8 heteroatoms. The number of rotatable bonds is 6. The monoisotopic (exact) mass is 381 g/mol. The predicted molar refractivity (Wildman–Crippen MR) is 99.3 cm³/mol. The first kappa shape index (κ1) is 19.2. The maximum absolute atomic E-state index is 12.2. The number of anilines is 1. The van der Waals surface area contributed by atoms with E-state index in [4.69, 9.17) is 23.2 Å². The Labute approximate surface area is 155 Å². The van der Waals surface area contributed by atoms with Gasteiger partial charge in [-0.1, -0.05) is 41.4 Å². The summed E-state index contributed by atoms with van der Waals surface area (Å²) in [5.74, 6) is -0.274. The fraction of sp³-hybridized carbons (Fsp3) is 0.235. The molecule has 1 amide bonds. The molecule has 1 N–H and O–H groups in total. The zero-order chi connectivity index (χ0) is 18.6. The molecule has 0 saturated heterocycles. The third-order valence-electron chi connectivity index (χ3n) is 3.59. The molecule has 0 spiro atoms. The zero-order valence-corrected chi connectivity index (χ0v) is 15.3. The van der Waals surface area contributed by atoms with Crippen LogP contribution >= 0.6 is 23.2 Å². The molecule has 2 rings (SSSR count). The number of carbonyl (C=O) groups is 1. The standard InChI is InChI=1S/C17H17Cl2N3O3/c1-11-6-7-13(22(24)25)8-15(11)20-16(23)10-21(2)9-12-4-3-5-14(18)17(12)19/h3-8H,9-10H2,1-2H3,(H,20,23). The number of hydrogen-bond donors (Lipinski definition) is 1. The lowest BCUT2D eigenvalue weighted by Gasteiger charge is -2.18. The third-order valence-corrected chi connectivity index (χ3v) is 4.45. The molecule has 25 heavy (non-hydrogen) atoms. The largest absolute Gasteiger partial charge is 0.324 e. The van der Waals surface area contributed by atoms with Crippen molar-refractivity contribution in [3.05, 3.63) is 67.7 Å². The number of nitrogens with one attached hydrogen (secondary N) is 1. The van der Waals surface area contributed by atoms with E-state index >= 15 is 0 Å². The fourth-order valence-corrected chi connectivity index (χ4v) is 2.69. The Bertz CT molecular complexity index is 812. The van der Waals surface area contributed by atoms with Crippen LogP contribution in [0.2, 0.25) is 10.0 Å². The number of amides is 1. The minimum atomic E-state index is -0.498. The van der Waals surface area contributed by atoms with Crippen molar-refractivity contribution in [2.75, 3.05) is 18.9 Å². The summed E-state index contributed by atoms with van der Waals surface area (Å²) < 4.78 is 0. The first-order valence-corrected chi connectivity index (χ1v) is 8.20. The van der Waals surface area contributed by atoms with Gasteiger partial charge in [0.2, 0.25) is 5.91 Å². The van der Waals surface area contributed by atoms with Crippen molar-refractivity contribution in [1.29, 1.82) is 0 Å². The lowest BCUT2D eigenvalue weighted by molar-refractivity contribution is -0.384. The van der Waals surface area contributed by atoms with Crippen LogP contribution in [0.15, 0.2) is 36.4 Å². The highest BCUT2D eigenvalue weighted by Gasteiger charge is 2.14. The van der Waals surface area contributed by atoms with Gasteiger partial charge in [0.25, 0.3) is 5.69 Å². The van der Waals surface area contributed by atoms with Gasteiger partial charge in [0.05, 0.1) is 27.2 Å². The number of nitrogens with zero attached hydrogens (tertiary/aromatic N) is 2. The number of aryl methyl sites for hydroxylation is 1. The molecule has 6 nitrogen and oxygen atoms in total. The average molecular weight is 382 g/mol. The average Bonchev–Trinajstić information content (AvgIpc) is 2.53. The van der Waals surface area contributed by atoms with E-state index in [-0.39, 0.29) is 18.1 Å². The molecule has 0 saturated carbocycles. The number of likely N-dealkylation sites (N-methyl/N-ethyl adjacent to an activating group) is 1. The number of nitro groups is 1. The van der Waals surface area contributed by atoms with Crippen molar-refractivity contribution in [1.82, 2.24) is 4.90 Å². The van der Waals surface area contributed by atoms with Crippen molar-refractivity contribution >= 4 is 40.5 Å². The molecule has 0 aromatic heterocycles. The number of carbonyl (C=O) groups excluding carboxylic acids is 1. The Kier molecular flexibility index (Phi) is 6.36. The molecule has 2 aromatic carbocycles. The SMILES string of the molecule is Cc1ccc([N+](=O)[O-])cc1NC(=O)CN(C)Cc1cccc(Cl)c1Cl. The number of nitro benzene ring substituents is 1. The minimum Gasteiger partial charge on any atom is -0.324 e. The van der Waals surface area contributed by atoms with Crippen LogP contribution in [0.4, 0.5) is 11.4 Å². The van der Waals surface area contributed by atoms with Gasteiger partial charge in [-0.05, 0) is 31.2 Å². The van der Waals surface area contributed by atoms with Crippen molar-refractivity contribution in [3.8, 4) is 0 Å². The maximum Gasteiger partial charge on any atom is 0.271 e. The molecule has 0 unspecified atom stereocenters. The lowest BCUT2D eigenvalue weighted by Crippen LogP contribution is -2.30. The fourth-order valence-electron chi connectivity index (χ4n) is 2.31. The number of hydrogen-bond acceptors (Lipinski definition) is 4. The Morgan fingerprint density at radius 2 is 2.00 bits per heavy atom. The summed E-state index contributed by atoms with van der Waals surface area (Å²) in [6.45, 7) is 2.32. The van der Waals surface area contributed by atoms with Gasteiger partial charge < -0.3 is 5.32 Å². The molecule has 0 atom stereocenters. The Morgan fingerprint density at radius 3 is 2.68 bits per heavy atom. The zero-order valence-electron chi connectivity index (χ0n) is 13.8. The molecule has 0 heterocycles. The highest BCUT2D eigenvalue weighted by Crippen LogP contribution is 2.26. The Hall–Kier alpha value is -2.15. The second kappa shape index (κ2) is 8.29. The quantitative estimate of drug-likeness (QED) is 0.598. The van der Waals surface area contributed by atoms with E-state index in [0.717, 1.165) is 11.1 Å². The molecule has 0 bridgehead atoms. The highest BCUT2D eigenvalue weighted by atomic mass is 35.5. The maximum atomic E-state index is 12.2. The van der Waals surface area contributed by atoms with E-state index in [1.54, 1.807) is 37.1 Å². The molecular weight excluding hydrogens is 365 g/mol. The van der Waals surface area contributed by atoms with Crippen LogP contribution < -0.4 is 5.32 Å². The van der Waals surface area contributed by atoms with Crippen molar-refractivity contribution < 1.29 is 9.72 Å². The third kappa shape index (κ3) is 5.16. The molecule has 0 aliphatic heterocycles. The van der Waals surface area contributed by atoms with Gasteiger partial charge in [0, 0.05) is 18.7 Å². The van der Waals surface area contributed by atoms with Gasteiger partial charge in [0.15, 0.2) is 0 Å². The van der Waals surface area contributed by atoms with E-state index in [2.05, 4.69) is 5.32 Å². The van der Waals surface area contributed by atoms with E-state index in [9.17, 15) is 14.9 Å². The van der Waals surface area contributed by atoms with Gasteiger partial charge in [-0.3, -0.25) is 19.8 Å². The second-order valence-electron chi connectivity index (χ2n) is 5.69. The van der Waals surface area contributed by atoms with E-state index in [0.29, 0.717) is 22.3 Å². The molecule has 0 radical (unpaired) electrons. The van der Waals surface area contributed by atoms with Crippen molar-refractivity contribution in [2.45, 2.75) is 13.5 Å². The van der Waals surface area contributed by atoms with Crippen molar-refractivity contribution in [2.24, 2.45) is 0 Å². The molecule has 132 valence electrons. The highest BCUT2D eigenvalue weighted by molar-refractivity contribution is 6.42. The Morgan fingerprint density at radius 1 is 1.28 bits per heavy atom. The summed E-state index contributed by atoms with van der Waals surface area (Å²) in [6.07, 6.45) is 0. The van der Waals surface area contributed by atoms with E-state index < -0.39 is 4.92 Å². The summed E-state index contributed by atoms with van der Waals surface area (Å²) >= 11 is 12.1. The summed E-state index contributed by atoms with van der Waals surface area (Å²) in [5.41, 5.74) is 1.92. The minimum absolute atomic E-state index is 0.0695. The van der Waals surface area contributed by atoms with Crippen LogP contribution in [0.5, 0.6) is 0 Å². The first-order valence-electron chi connectivity index (χ1n) is 7.44. The predicted octanol–water partition coefficient (Wildman–Crippen LogP) is 4.28. The van der Waals surface area contributed by atoms with Gasteiger partial charge in [-0.2, -0.15) is 0 Å². The topological polar surface area (TPSA) is 75.5 Å². The van der Waals surface area contributed by atoms with Crippen LogP contribution in [-0.2, 0) is 11.3 Å². The van der Waals surface area contributed by atoms with Gasteiger partial charge in [-0.15, -0.1) is 0 Å². The van der Waals surface area contributed by atoms with Crippen LogP contribution in [0.1, 0.15) is 11.1 Å². The first-order chi connectivity index (χ1) is 11.8. The second-order valence-corrected chi connectivity index (χ2v) is 6.47. The van der Waals surface area contributed by atoms with E-state index in [1.165, 1.54) is 12.1 Å². The molecule has 0 aliphatic rings. The summed E-state index contributed by atoms with van der Waals surface area (Å²) in [4.78, 5) is 24.3. The van der Waals surface area contributed by atoms with Crippen LogP contribution in [-0.4, -0.2) is 29.3 Å². The van der Waals surface area contributed by atoms with Gasteiger partial charge >= 0.3 is 0 Å². The summed E-state index contributed by atoms with van der Waals surface area (Å²) in [7, 11) is 1.77. The number of non-ortho nitro benzene ring substituents is 1. The molecule has 2 aromatic rings. The smallest absolute Gasteiger partial charge is 0.271 e. The van der Waals surface area contributed by atoms with Crippen LogP contribution in [0.3, 0.4) is 0 Å². The van der Waals surface area contributed by atoms with Crippen LogP contribution in [0.25, 0.3) is 0 Å². The van der Waals surface area contributed by atoms with Gasteiger partial charge in [0.1, 0.15) is 0 Å². The summed E-state index contributed by atoms with van der Waals surface area (Å²) in [5, 5.41) is 14.5. The molecular formula is C17H17Cl2N3O3. The molecule has 0 fully saturated rings. The van der Waals surface area contributed by atoms with E-state index in [1.807, 2.05) is 6.07 Å². The number of benzene rings is 2. The van der Waals surface area contributed by atoms with Crippen LogP contribution in [0, 0.1) is 17.0 Å². The normalized spacial score (nSPS) is 10.8. The number of halogens is 2. The Balaban J connectivity index is 2.01. The molecule has 0 aliphatic carbocycles. The summed E-state index contributed by atoms with van der Waals surface area (Å²) in [6, 6.07) is 9.69.